The Labute approximate surface area is 211 Å². The molecule has 0 radical (unpaired) electrons. The second-order valence-corrected chi connectivity index (χ2v) is 8.65. The first kappa shape index (κ1) is 27.0. The van der Waals surface area contributed by atoms with Crippen LogP contribution >= 0.6 is 11.6 Å². The molecule has 190 valence electrons. The first-order valence-electron chi connectivity index (χ1n) is 11.0. The Kier molecular flexibility index (Phi) is 8.89. The van der Waals surface area contributed by atoms with E-state index in [1.807, 2.05) is 0 Å². The number of rotatable bonds is 9. The molecule has 2 aromatic carbocycles. The summed E-state index contributed by atoms with van der Waals surface area (Å²) in [5, 5.41) is 5.79. The first-order chi connectivity index (χ1) is 17.0. The lowest BCUT2D eigenvalue weighted by molar-refractivity contribution is -0.137. The molecule has 6 N–H and O–H groups in total. The molecule has 2 amide bonds. The third-order valence-electron chi connectivity index (χ3n) is 5.35. The van der Waals surface area contributed by atoms with Gasteiger partial charge in [-0.25, -0.2) is 4.98 Å². The smallest absolute Gasteiger partial charge is 0.384 e. The van der Waals surface area contributed by atoms with Gasteiger partial charge in [0.2, 0.25) is 11.8 Å². The fourth-order valence-corrected chi connectivity index (χ4v) is 3.54. The maximum atomic E-state index is 13.2. The number of aromatic nitrogens is 1. The molecule has 2 atom stereocenters. The second kappa shape index (κ2) is 11.9. The normalized spacial score (nSPS) is 13.0. The fraction of sp³-hybridized carbons (Fsp3) is 0.240. The van der Waals surface area contributed by atoms with Gasteiger partial charge in [0.05, 0.1) is 11.6 Å². The van der Waals surface area contributed by atoms with Crippen molar-refractivity contribution in [3.63, 3.8) is 0 Å². The molecule has 0 saturated carbocycles. The Morgan fingerprint density at radius 2 is 1.64 bits per heavy atom. The van der Waals surface area contributed by atoms with Crippen molar-refractivity contribution < 1.29 is 22.8 Å². The van der Waals surface area contributed by atoms with E-state index in [4.69, 9.17) is 23.1 Å². The Hall–Kier alpha value is -3.63. The molecule has 3 aromatic rings. The van der Waals surface area contributed by atoms with E-state index in [9.17, 15) is 22.8 Å². The van der Waals surface area contributed by atoms with Crippen LogP contribution in [0.3, 0.4) is 0 Å². The molecule has 0 unspecified atom stereocenters. The van der Waals surface area contributed by atoms with Crippen molar-refractivity contribution in [2.75, 3.05) is 5.73 Å². The number of nitrogens with zero attached hydrogens (tertiary/aromatic N) is 1. The summed E-state index contributed by atoms with van der Waals surface area (Å²) in [6.45, 7) is 0.0813. The first-order valence-corrected chi connectivity index (χ1v) is 11.3. The average Bonchev–Trinajstić information content (AvgIpc) is 2.84. The highest BCUT2D eigenvalue weighted by atomic mass is 35.5. The zero-order chi connectivity index (χ0) is 26.3. The van der Waals surface area contributed by atoms with E-state index >= 15 is 0 Å². The summed E-state index contributed by atoms with van der Waals surface area (Å²) in [6, 6.07) is 12.5. The molecule has 1 aromatic heterocycles. The Morgan fingerprint density at radius 1 is 0.944 bits per heavy atom. The summed E-state index contributed by atoms with van der Waals surface area (Å²) in [6.07, 6.45) is -3.05. The number of hydrogen-bond acceptors (Lipinski definition) is 5. The highest BCUT2D eigenvalue weighted by Gasteiger charge is 2.31. The SMILES string of the molecule is Nc1ccc(CNC(=O)[C@@H](Cc2cccc(C(F)(F)F)c2)NC(=O)[C@@H](N)Cc2ccc(Cl)cc2)cn1. The van der Waals surface area contributed by atoms with Gasteiger partial charge in [-0.15, -0.1) is 0 Å². The van der Waals surface area contributed by atoms with Crippen LogP contribution in [0.1, 0.15) is 22.3 Å². The summed E-state index contributed by atoms with van der Waals surface area (Å²) >= 11 is 5.88. The number of nitrogen functional groups attached to an aromatic ring is 1. The minimum Gasteiger partial charge on any atom is -0.384 e. The lowest BCUT2D eigenvalue weighted by Gasteiger charge is -2.21. The maximum Gasteiger partial charge on any atom is 0.416 e. The Balaban J connectivity index is 1.74. The van der Waals surface area contributed by atoms with Gasteiger partial charge in [0.15, 0.2) is 0 Å². The number of nitrogens with two attached hydrogens (primary N) is 2. The molecule has 7 nitrogen and oxygen atoms in total. The Morgan fingerprint density at radius 3 is 2.28 bits per heavy atom. The van der Waals surface area contributed by atoms with Crippen molar-refractivity contribution in [2.45, 2.75) is 37.6 Å². The van der Waals surface area contributed by atoms with Crippen molar-refractivity contribution in [1.29, 1.82) is 0 Å². The van der Waals surface area contributed by atoms with Gasteiger partial charge in [-0.05, 0) is 47.4 Å². The summed E-state index contributed by atoms with van der Waals surface area (Å²) in [5.41, 5.74) is 12.4. The van der Waals surface area contributed by atoms with Crippen molar-refractivity contribution in [2.24, 2.45) is 5.73 Å². The van der Waals surface area contributed by atoms with Crippen molar-refractivity contribution in [3.8, 4) is 0 Å². The van der Waals surface area contributed by atoms with Gasteiger partial charge in [0.25, 0.3) is 0 Å². The van der Waals surface area contributed by atoms with Crippen LogP contribution in [0.2, 0.25) is 5.02 Å². The number of alkyl halides is 3. The van der Waals surface area contributed by atoms with Crippen LogP contribution in [-0.2, 0) is 35.2 Å². The number of halogens is 4. The summed E-state index contributed by atoms with van der Waals surface area (Å²) in [5.74, 6) is -0.892. The molecule has 0 aliphatic rings. The van der Waals surface area contributed by atoms with Crippen molar-refractivity contribution in [1.82, 2.24) is 15.6 Å². The minimum absolute atomic E-state index is 0.0813. The van der Waals surface area contributed by atoms with Gasteiger partial charge in [0.1, 0.15) is 11.9 Å². The lowest BCUT2D eigenvalue weighted by atomic mass is 10.0. The topological polar surface area (TPSA) is 123 Å². The molecule has 0 aliphatic heterocycles. The number of anilines is 1. The lowest BCUT2D eigenvalue weighted by Crippen LogP contribution is -2.53. The molecule has 0 bridgehead atoms. The molecular formula is C25H25ClF3N5O2. The van der Waals surface area contributed by atoms with Crippen LogP contribution in [0.4, 0.5) is 19.0 Å². The van der Waals surface area contributed by atoms with E-state index < -0.39 is 35.6 Å². The zero-order valence-electron chi connectivity index (χ0n) is 19.1. The van der Waals surface area contributed by atoms with Crippen LogP contribution < -0.4 is 22.1 Å². The molecule has 11 heteroatoms. The van der Waals surface area contributed by atoms with Crippen LogP contribution in [-0.4, -0.2) is 28.9 Å². The number of nitrogens with one attached hydrogen (secondary N) is 2. The number of benzene rings is 2. The third kappa shape index (κ3) is 7.96. The molecule has 36 heavy (non-hydrogen) atoms. The molecule has 3 rings (SSSR count). The zero-order valence-corrected chi connectivity index (χ0v) is 19.8. The van der Waals surface area contributed by atoms with Crippen LogP contribution in [0.5, 0.6) is 0 Å². The number of carbonyl (C=O) groups excluding carboxylic acids is 2. The predicted octanol–water partition coefficient (Wildman–Crippen LogP) is 3.25. The standard InChI is InChI=1S/C25H25ClF3N5O2/c26-19-7-4-15(5-8-19)11-20(30)23(35)34-21(12-16-2-1-3-18(10-16)25(27,28)29)24(36)33-14-17-6-9-22(31)32-13-17/h1-10,13,20-21H,11-12,14,30H2,(H2,31,32)(H,33,36)(H,34,35)/t20-,21+/m0/s1. The molecule has 0 spiro atoms. The minimum atomic E-state index is -4.54. The van der Waals surface area contributed by atoms with Crippen LogP contribution in [0.15, 0.2) is 66.9 Å². The van der Waals surface area contributed by atoms with Crippen LogP contribution in [0.25, 0.3) is 0 Å². The Bertz CT molecular complexity index is 1190. The van der Waals surface area contributed by atoms with E-state index in [-0.39, 0.29) is 24.9 Å². The monoisotopic (exact) mass is 519 g/mol. The van der Waals surface area contributed by atoms with Gasteiger partial charge in [0, 0.05) is 24.2 Å². The molecule has 0 saturated heterocycles. The van der Waals surface area contributed by atoms with Gasteiger partial charge < -0.3 is 22.1 Å². The number of amides is 2. The molecular weight excluding hydrogens is 495 g/mol. The number of pyridine rings is 1. The van der Waals surface area contributed by atoms with Crippen molar-refractivity contribution >= 4 is 29.2 Å². The summed E-state index contributed by atoms with van der Waals surface area (Å²) in [4.78, 5) is 29.7. The maximum absolute atomic E-state index is 13.2. The van der Waals surface area contributed by atoms with E-state index in [0.717, 1.165) is 17.7 Å². The van der Waals surface area contributed by atoms with Gasteiger partial charge in [-0.3, -0.25) is 9.59 Å². The number of carbonyl (C=O) groups is 2. The summed E-state index contributed by atoms with van der Waals surface area (Å²) in [7, 11) is 0. The van der Waals surface area contributed by atoms with Crippen molar-refractivity contribution in [3.05, 3.63) is 94.1 Å². The van der Waals surface area contributed by atoms with E-state index in [0.29, 0.717) is 16.4 Å². The second-order valence-electron chi connectivity index (χ2n) is 8.21. The summed E-state index contributed by atoms with van der Waals surface area (Å²) < 4.78 is 39.5. The van der Waals surface area contributed by atoms with E-state index in [1.54, 1.807) is 36.4 Å². The highest BCUT2D eigenvalue weighted by molar-refractivity contribution is 6.30. The fourth-order valence-electron chi connectivity index (χ4n) is 3.42. The average molecular weight is 520 g/mol. The van der Waals surface area contributed by atoms with E-state index in [1.165, 1.54) is 18.3 Å². The predicted molar refractivity (Wildman–Crippen MR) is 131 cm³/mol. The third-order valence-corrected chi connectivity index (χ3v) is 5.60. The molecule has 0 fully saturated rings. The molecule has 1 heterocycles. The largest absolute Gasteiger partial charge is 0.416 e. The molecule has 0 aliphatic carbocycles. The van der Waals surface area contributed by atoms with Crippen LogP contribution in [0, 0.1) is 0 Å². The van der Waals surface area contributed by atoms with Gasteiger partial charge >= 0.3 is 6.18 Å². The number of hydrogen-bond donors (Lipinski definition) is 4. The highest BCUT2D eigenvalue weighted by Crippen LogP contribution is 2.29. The quantitative estimate of drug-likeness (QED) is 0.345. The van der Waals surface area contributed by atoms with Gasteiger partial charge in [-0.1, -0.05) is 48.0 Å². The van der Waals surface area contributed by atoms with E-state index in [2.05, 4.69) is 15.6 Å². The van der Waals surface area contributed by atoms with Gasteiger partial charge in [-0.2, -0.15) is 13.2 Å².